The second kappa shape index (κ2) is 7.12. The molecule has 1 N–H and O–H groups in total. The van der Waals surface area contributed by atoms with Crippen LogP contribution in [-0.2, 0) is 0 Å². The van der Waals surface area contributed by atoms with Gasteiger partial charge in [0.25, 0.3) is 11.6 Å². The predicted octanol–water partition coefficient (Wildman–Crippen LogP) is 3.35. The van der Waals surface area contributed by atoms with Crippen molar-refractivity contribution in [2.24, 2.45) is 5.10 Å². The van der Waals surface area contributed by atoms with Gasteiger partial charge in [0.05, 0.1) is 10.6 Å². The fourth-order valence-corrected chi connectivity index (χ4v) is 2.08. The minimum Gasteiger partial charge on any atom is -0.267 e. The monoisotopic (exact) mass is 409 g/mol. The van der Waals surface area contributed by atoms with Crippen LogP contribution in [0.15, 0.2) is 53.6 Å². The number of hydrogen-bond donors (Lipinski definition) is 1. The predicted molar refractivity (Wildman–Crippen MR) is 91.9 cm³/mol. The number of nitrogens with one attached hydrogen (secondary N) is 1. The fourth-order valence-electron chi connectivity index (χ4n) is 1.72. The first-order valence-corrected chi connectivity index (χ1v) is 7.40. The Labute approximate surface area is 140 Å². The number of hydrazone groups is 1. The van der Waals surface area contributed by atoms with E-state index in [1.807, 2.05) is 24.3 Å². The van der Waals surface area contributed by atoms with E-state index >= 15 is 0 Å². The minimum absolute atomic E-state index is 0.133. The Hall–Kier alpha value is -2.29. The van der Waals surface area contributed by atoms with Gasteiger partial charge >= 0.3 is 0 Å². The fraction of sp³-hybridized carbons (Fsp3) is 0.0667. The lowest BCUT2D eigenvalue weighted by Crippen LogP contribution is -2.19. The van der Waals surface area contributed by atoms with Gasteiger partial charge in [0.2, 0.25) is 0 Å². The molecule has 0 heterocycles. The van der Waals surface area contributed by atoms with Gasteiger partial charge in [-0.25, -0.2) is 5.43 Å². The number of carbonyl (C=O) groups is 1. The highest BCUT2D eigenvalue weighted by Crippen LogP contribution is 2.13. The zero-order valence-electron chi connectivity index (χ0n) is 11.6. The molecule has 0 atom stereocenters. The van der Waals surface area contributed by atoms with Crippen LogP contribution in [0, 0.1) is 13.7 Å². The molecule has 0 aliphatic rings. The zero-order chi connectivity index (χ0) is 16.1. The lowest BCUT2D eigenvalue weighted by atomic mass is 10.1. The molecule has 6 nitrogen and oxygen atoms in total. The van der Waals surface area contributed by atoms with Crippen molar-refractivity contribution in [2.75, 3.05) is 0 Å². The van der Waals surface area contributed by atoms with Crippen molar-refractivity contribution in [3.63, 3.8) is 0 Å². The number of nitro groups is 1. The van der Waals surface area contributed by atoms with Gasteiger partial charge < -0.3 is 0 Å². The van der Waals surface area contributed by atoms with E-state index in [1.54, 1.807) is 6.92 Å². The molecule has 0 saturated heterocycles. The molecule has 0 fully saturated rings. The third-order valence-corrected chi connectivity index (χ3v) is 3.63. The number of rotatable bonds is 4. The molecular formula is C15H12IN3O3. The van der Waals surface area contributed by atoms with Crippen molar-refractivity contribution in [1.82, 2.24) is 5.43 Å². The van der Waals surface area contributed by atoms with Gasteiger partial charge in [-0.15, -0.1) is 0 Å². The standard InChI is InChI=1S/C15H12IN3O3/c1-10(11-5-7-13(16)8-6-11)17-18-15(20)12-3-2-4-14(9-12)19(21)22/h2-9H,1H3,(H,18,20)/b17-10-. The number of nitrogens with zero attached hydrogens (tertiary/aromatic N) is 2. The third kappa shape index (κ3) is 4.10. The molecule has 22 heavy (non-hydrogen) atoms. The summed E-state index contributed by atoms with van der Waals surface area (Å²) in [6, 6.07) is 13.2. The molecule has 0 aliphatic carbocycles. The minimum atomic E-state index is -0.545. The topological polar surface area (TPSA) is 84.6 Å². The summed E-state index contributed by atoms with van der Waals surface area (Å²) >= 11 is 2.20. The molecule has 0 aromatic heterocycles. The molecule has 1 amide bonds. The van der Waals surface area contributed by atoms with E-state index in [-0.39, 0.29) is 11.3 Å². The molecule has 2 aromatic rings. The Kier molecular flexibility index (Phi) is 5.21. The molecule has 0 saturated carbocycles. The summed E-state index contributed by atoms with van der Waals surface area (Å²) in [5.74, 6) is -0.492. The number of amides is 1. The molecular weight excluding hydrogens is 397 g/mol. The van der Waals surface area contributed by atoms with Crippen molar-refractivity contribution in [3.8, 4) is 0 Å². The number of benzene rings is 2. The van der Waals surface area contributed by atoms with Crippen LogP contribution in [0.5, 0.6) is 0 Å². The van der Waals surface area contributed by atoms with Crippen molar-refractivity contribution in [1.29, 1.82) is 0 Å². The molecule has 0 bridgehead atoms. The third-order valence-electron chi connectivity index (χ3n) is 2.91. The normalized spacial score (nSPS) is 11.1. The van der Waals surface area contributed by atoms with Gasteiger partial charge in [-0.05, 0) is 53.3 Å². The Morgan fingerprint density at radius 2 is 1.86 bits per heavy atom. The lowest BCUT2D eigenvalue weighted by Gasteiger charge is -2.03. The summed E-state index contributed by atoms with van der Waals surface area (Å²) in [7, 11) is 0. The molecule has 7 heteroatoms. The first-order valence-electron chi connectivity index (χ1n) is 6.32. The average Bonchev–Trinajstić information content (AvgIpc) is 2.53. The summed E-state index contributed by atoms with van der Waals surface area (Å²) in [5, 5.41) is 14.7. The van der Waals surface area contributed by atoms with E-state index in [0.29, 0.717) is 5.71 Å². The maximum absolute atomic E-state index is 12.0. The van der Waals surface area contributed by atoms with Crippen LogP contribution in [0.25, 0.3) is 0 Å². The number of carbonyl (C=O) groups excluding carboxylic acids is 1. The van der Waals surface area contributed by atoms with Crippen molar-refractivity contribution in [3.05, 3.63) is 73.3 Å². The highest BCUT2D eigenvalue weighted by atomic mass is 127. The molecule has 0 aliphatic heterocycles. The first kappa shape index (κ1) is 16.1. The zero-order valence-corrected chi connectivity index (χ0v) is 13.8. The lowest BCUT2D eigenvalue weighted by molar-refractivity contribution is -0.384. The van der Waals surface area contributed by atoms with Crippen LogP contribution >= 0.6 is 22.6 Å². The number of hydrogen-bond acceptors (Lipinski definition) is 4. The second-order valence-electron chi connectivity index (χ2n) is 4.45. The van der Waals surface area contributed by atoms with E-state index < -0.39 is 10.8 Å². The summed E-state index contributed by atoms with van der Waals surface area (Å²) in [6.07, 6.45) is 0. The largest absolute Gasteiger partial charge is 0.271 e. The van der Waals surface area contributed by atoms with Crippen molar-refractivity contribution in [2.45, 2.75) is 6.92 Å². The molecule has 2 aromatic carbocycles. The van der Waals surface area contributed by atoms with Gasteiger partial charge in [-0.1, -0.05) is 18.2 Å². The van der Waals surface area contributed by atoms with Crippen LogP contribution in [0.2, 0.25) is 0 Å². The molecule has 112 valence electrons. The molecule has 0 spiro atoms. The van der Waals surface area contributed by atoms with Crippen molar-refractivity contribution >= 4 is 39.9 Å². The molecule has 0 radical (unpaired) electrons. The van der Waals surface area contributed by atoms with Crippen LogP contribution < -0.4 is 5.43 Å². The number of halogens is 1. The van der Waals surface area contributed by atoms with E-state index in [1.165, 1.54) is 24.3 Å². The molecule has 2 rings (SSSR count). The van der Waals surface area contributed by atoms with Crippen LogP contribution in [0.3, 0.4) is 0 Å². The van der Waals surface area contributed by atoms with Crippen molar-refractivity contribution < 1.29 is 9.72 Å². The van der Waals surface area contributed by atoms with Gasteiger partial charge in [0, 0.05) is 21.3 Å². The maximum atomic E-state index is 12.0. The highest BCUT2D eigenvalue weighted by molar-refractivity contribution is 14.1. The van der Waals surface area contributed by atoms with Gasteiger partial charge in [-0.2, -0.15) is 5.10 Å². The maximum Gasteiger partial charge on any atom is 0.271 e. The van der Waals surface area contributed by atoms with E-state index in [0.717, 1.165) is 9.13 Å². The first-order chi connectivity index (χ1) is 10.5. The summed E-state index contributed by atoms with van der Waals surface area (Å²) in [5.41, 5.74) is 3.99. The number of nitro benzene ring substituents is 1. The SMILES string of the molecule is C/C(=N/NC(=O)c1cccc([N+](=O)[O-])c1)c1ccc(I)cc1. The summed E-state index contributed by atoms with van der Waals surface area (Å²) in [6.45, 7) is 1.77. The van der Waals surface area contributed by atoms with E-state index in [4.69, 9.17) is 0 Å². The van der Waals surface area contributed by atoms with Gasteiger partial charge in [0.1, 0.15) is 0 Å². The van der Waals surface area contributed by atoms with E-state index in [2.05, 4.69) is 33.1 Å². The average molecular weight is 409 g/mol. The number of non-ortho nitro benzene ring substituents is 1. The van der Waals surface area contributed by atoms with Gasteiger partial charge in [-0.3, -0.25) is 14.9 Å². The Morgan fingerprint density at radius 3 is 2.50 bits per heavy atom. The van der Waals surface area contributed by atoms with Crippen LogP contribution in [0.1, 0.15) is 22.8 Å². The summed E-state index contributed by atoms with van der Waals surface area (Å²) in [4.78, 5) is 22.1. The second-order valence-corrected chi connectivity index (χ2v) is 5.70. The van der Waals surface area contributed by atoms with Gasteiger partial charge in [0.15, 0.2) is 0 Å². The smallest absolute Gasteiger partial charge is 0.267 e. The van der Waals surface area contributed by atoms with Crippen LogP contribution in [-0.4, -0.2) is 16.5 Å². The Balaban J connectivity index is 2.11. The van der Waals surface area contributed by atoms with E-state index in [9.17, 15) is 14.9 Å². The highest BCUT2D eigenvalue weighted by Gasteiger charge is 2.11. The Morgan fingerprint density at radius 1 is 1.18 bits per heavy atom. The molecule has 0 unspecified atom stereocenters. The van der Waals surface area contributed by atoms with Crippen LogP contribution in [0.4, 0.5) is 5.69 Å². The summed E-state index contributed by atoms with van der Waals surface area (Å²) < 4.78 is 1.11. The Bertz CT molecular complexity index is 742. The quantitative estimate of drug-likeness (QED) is 0.364.